The molecule has 1 heterocycles. The van der Waals surface area contributed by atoms with Gasteiger partial charge in [0, 0.05) is 25.7 Å². The Kier molecular flexibility index (Phi) is 7.93. The molecule has 0 amide bonds. The molecule has 0 radical (unpaired) electrons. The van der Waals surface area contributed by atoms with Crippen LogP contribution in [0.3, 0.4) is 0 Å². The first kappa shape index (κ1) is 21.2. The summed E-state index contributed by atoms with van der Waals surface area (Å²) in [4.78, 5) is 2.19. The van der Waals surface area contributed by atoms with Crippen molar-refractivity contribution in [2.75, 3.05) is 53.7 Å². The Morgan fingerprint density at radius 1 is 0.931 bits per heavy atom. The van der Waals surface area contributed by atoms with Crippen LogP contribution in [0, 0.1) is 0 Å². The lowest BCUT2D eigenvalue weighted by Crippen LogP contribution is -2.42. The second kappa shape index (κ2) is 10.9. The number of aliphatic hydroxyl groups excluding tert-OH is 1. The predicted octanol–water partition coefficient (Wildman–Crippen LogP) is 2.95. The number of hydrogen-bond acceptors (Lipinski definition) is 6. The molecule has 0 aromatic heterocycles. The third kappa shape index (κ3) is 6.78. The Hall–Kier alpha value is -2.54. The lowest BCUT2D eigenvalue weighted by molar-refractivity contribution is 0.00465. The van der Waals surface area contributed by atoms with Crippen LogP contribution in [-0.4, -0.2) is 69.8 Å². The van der Waals surface area contributed by atoms with Crippen LogP contribution >= 0.6 is 0 Å². The van der Waals surface area contributed by atoms with Crippen molar-refractivity contribution in [3.8, 4) is 17.2 Å². The molecule has 1 aliphatic heterocycles. The van der Waals surface area contributed by atoms with E-state index >= 15 is 0 Å². The van der Waals surface area contributed by atoms with E-state index in [9.17, 15) is 5.11 Å². The van der Waals surface area contributed by atoms with Gasteiger partial charge in [-0.15, -0.1) is 0 Å². The summed E-state index contributed by atoms with van der Waals surface area (Å²) >= 11 is 0. The summed E-state index contributed by atoms with van der Waals surface area (Å²) in [6, 6.07) is 13.5. The predicted molar refractivity (Wildman–Crippen MR) is 114 cm³/mol. The van der Waals surface area contributed by atoms with E-state index in [0.29, 0.717) is 6.54 Å². The third-order valence-electron chi connectivity index (χ3n) is 4.74. The van der Waals surface area contributed by atoms with Gasteiger partial charge in [0.25, 0.3) is 0 Å². The highest BCUT2D eigenvalue weighted by Gasteiger charge is 2.15. The van der Waals surface area contributed by atoms with Crippen LogP contribution in [0.4, 0.5) is 0 Å². The van der Waals surface area contributed by atoms with Crippen LogP contribution in [0.25, 0.3) is 12.2 Å². The number of nitrogens with zero attached hydrogens (tertiary/aromatic N) is 1. The number of morpholine rings is 1. The monoisotopic (exact) mass is 399 g/mol. The second-order valence-corrected chi connectivity index (χ2v) is 6.93. The number of rotatable bonds is 9. The van der Waals surface area contributed by atoms with Gasteiger partial charge >= 0.3 is 0 Å². The molecule has 29 heavy (non-hydrogen) atoms. The van der Waals surface area contributed by atoms with Gasteiger partial charge in [0.15, 0.2) is 0 Å². The minimum atomic E-state index is -0.518. The van der Waals surface area contributed by atoms with Crippen LogP contribution < -0.4 is 14.2 Å². The Labute approximate surface area is 172 Å². The molecule has 1 atom stereocenters. The van der Waals surface area contributed by atoms with E-state index in [1.807, 2.05) is 54.6 Å². The maximum Gasteiger partial charge on any atom is 0.123 e. The molecule has 2 aromatic rings. The number of benzene rings is 2. The molecule has 1 aliphatic rings. The SMILES string of the molecule is COc1cc(/C=C/c2ccc(OCC(O)CN3CCOCC3)cc2)cc(OC)c1. The standard InChI is InChI=1S/C23H29NO5/c1-26-22-13-19(14-23(15-22)27-2)4-3-18-5-7-21(8-6-18)29-17-20(25)16-24-9-11-28-12-10-24/h3-8,13-15,20,25H,9-12,16-17H2,1-2H3/b4-3+. The van der Waals surface area contributed by atoms with Gasteiger partial charge in [-0.25, -0.2) is 0 Å². The fourth-order valence-corrected chi connectivity index (χ4v) is 3.12. The van der Waals surface area contributed by atoms with Crippen molar-refractivity contribution in [1.82, 2.24) is 4.90 Å². The largest absolute Gasteiger partial charge is 0.497 e. The first-order valence-electron chi connectivity index (χ1n) is 9.78. The van der Waals surface area contributed by atoms with Crippen LogP contribution in [0.15, 0.2) is 42.5 Å². The van der Waals surface area contributed by atoms with Crippen molar-refractivity contribution in [2.45, 2.75) is 6.10 Å². The summed E-state index contributed by atoms with van der Waals surface area (Å²) in [5, 5.41) is 10.2. The van der Waals surface area contributed by atoms with E-state index in [-0.39, 0.29) is 6.61 Å². The fourth-order valence-electron chi connectivity index (χ4n) is 3.12. The highest BCUT2D eigenvalue weighted by Crippen LogP contribution is 2.24. The summed E-state index contributed by atoms with van der Waals surface area (Å²) in [5.41, 5.74) is 2.04. The van der Waals surface area contributed by atoms with Crippen molar-refractivity contribution in [2.24, 2.45) is 0 Å². The quantitative estimate of drug-likeness (QED) is 0.655. The molecule has 0 aliphatic carbocycles. The van der Waals surface area contributed by atoms with E-state index in [1.165, 1.54) is 0 Å². The normalized spacial score (nSPS) is 16.0. The minimum absolute atomic E-state index is 0.274. The number of methoxy groups -OCH3 is 2. The molecular weight excluding hydrogens is 370 g/mol. The summed E-state index contributed by atoms with van der Waals surface area (Å²) in [7, 11) is 3.28. The average Bonchev–Trinajstić information content (AvgIpc) is 2.77. The minimum Gasteiger partial charge on any atom is -0.497 e. The molecule has 0 saturated carbocycles. The zero-order chi connectivity index (χ0) is 20.5. The molecular formula is C23H29NO5. The molecule has 6 nitrogen and oxygen atoms in total. The highest BCUT2D eigenvalue weighted by atomic mass is 16.5. The molecule has 1 unspecified atom stereocenters. The summed E-state index contributed by atoms with van der Waals surface area (Å²) < 4.78 is 21.6. The first-order chi connectivity index (χ1) is 14.2. The van der Waals surface area contributed by atoms with Crippen LogP contribution in [0.5, 0.6) is 17.2 Å². The zero-order valence-electron chi connectivity index (χ0n) is 17.0. The van der Waals surface area contributed by atoms with Crippen molar-refractivity contribution >= 4 is 12.2 Å². The molecule has 3 rings (SSSR count). The van der Waals surface area contributed by atoms with E-state index < -0.39 is 6.10 Å². The Morgan fingerprint density at radius 2 is 1.55 bits per heavy atom. The maximum absolute atomic E-state index is 10.2. The summed E-state index contributed by atoms with van der Waals surface area (Å²) in [6.45, 7) is 4.05. The fraction of sp³-hybridized carbons (Fsp3) is 0.391. The summed E-state index contributed by atoms with van der Waals surface area (Å²) in [6.07, 6.45) is 3.51. The molecule has 156 valence electrons. The third-order valence-corrected chi connectivity index (χ3v) is 4.74. The van der Waals surface area contributed by atoms with E-state index in [1.54, 1.807) is 14.2 Å². The number of hydrogen-bond donors (Lipinski definition) is 1. The number of aliphatic hydroxyl groups is 1. The van der Waals surface area contributed by atoms with Gasteiger partial charge in [-0.3, -0.25) is 4.90 Å². The van der Waals surface area contributed by atoms with Gasteiger partial charge in [0.1, 0.15) is 30.0 Å². The van der Waals surface area contributed by atoms with Crippen molar-refractivity contribution in [3.05, 3.63) is 53.6 Å². The molecule has 1 saturated heterocycles. The van der Waals surface area contributed by atoms with E-state index in [4.69, 9.17) is 18.9 Å². The summed E-state index contributed by atoms with van der Waals surface area (Å²) in [5.74, 6) is 2.25. The lowest BCUT2D eigenvalue weighted by atomic mass is 10.1. The Balaban J connectivity index is 1.51. The Morgan fingerprint density at radius 3 is 2.17 bits per heavy atom. The van der Waals surface area contributed by atoms with Gasteiger partial charge in [0.05, 0.1) is 27.4 Å². The maximum atomic E-state index is 10.2. The highest BCUT2D eigenvalue weighted by molar-refractivity contribution is 5.71. The molecule has 0 bridgehead atoms. The van der Waals surface area contributed by atoms with E-state index in [0.717, 1.165) is 54.7 Å². The van der Waals surface area contributed by atoms with Gasteiger partial charge in [-0.2, -0.15) is 0 Å². The number of ether oxygens (including phenoxy) is 4. The zero-order valence-corrected chi connectivity index (χ0v) is 17.0. The van der Waals surface area contributed by atoms with Crippen LogP contribution in [-0.2, 0) is 4.74 Å². The van der Waals surface area contributed by atoms with Crippen molar-refractivity contribution < 1.29 is 24.1 Å². The van der Waals surface area contributed by atoms with Crippen molar-refractivity contribution in [1.29, 1.82) is 0 Å². The number of β-amino-alcohol motifs (C(OH)–C–C–N with tert-alkyl or cyclic N) is 1. The van der Waals surface area contributed by atoms with Gasteiger partial charge in [0.2, 0.25) is 0 Å². The smallest absolute Gasteiger partial charge is 0.123 e. The van der Waals surface area contributed by atoms with Gasteiger partial charge < -0.3 is 24.1 Å². The van der Waals surface area contributed by atoms with Gasteiger partial charge in [-0.1, -0.05) is 24.3 Å². The van der Waals surface area contributed by atoms with E-state index in [2.05, 4.69) is 4.90 Å². The van der Waals surface area contributed by atoms with Crippen molar-refractivity contribution in [3.63, 3.8) is 0 Å². The van der Waals surface area contributed by atoms with Gasteiger partial charge in [-0.05, 0) is 35.4 Å². The lowest BCUT2D eigenvalue weighted by Gasteiger charge is -2.28. The second-order valence-electron chi connectivity index (χ2n) is 6.93. The molecule has 0 spiro atoms. The molecule has 1 N–H and O–H groups in total. The molecule has 6 heteroatoms. The van der Waals surface area contributed by atoms with Crippen LogP contribution in [0.1, 0.15) is 11.1 Å². The van der Waals surface area contributed by atoms with Crippen LogP contribution in [0.2, 0.25) is 0 Å². The average molecular weight is 399 g/mol. The molecule has 1 fully saturated rings. The molecule has 2 aromatic carbocycles. The first-order valence-corrected chi connectivity index (χ1v) is 9.78. The topological polar surface area (TPSA) is 60.4 Å². The Bertz CT molecular complexity index is 762.